The van der Waals surface area contributed by atoms with Gasteiger partial charge in [-0.15, -0.1) is 22.0 Å². The summed E-state index contributed by atoms with van der Waals surface area (Å²) >= 11 is 3.07. The van der Waals surface area contributed by atoms with Crippen LogP contribution < -0.4 is 14.8 Å². The van der Waals surface area contributed by atoms with Gasteiger partial charge in [-0.2, -0.15) is 0 Å². The molecule has 27 heavy (non-hydrogen) atoms. The maximum Gasteiger partial charge on any atom is 0.230 e. The quantitative estimate of drug-likeness (QED) is 0.575. The van der Waals surface area contributed by atoms with Crippen LogP contribution in [-0.2, 0) is 17.0 Å². The Bertz CT molecular complexity index is 900. The fourth-order valence-electron chi connectivity index (χ4n) is 2.36. The Morgan fingerprint density at radius 2 is 1.85 bits per heavy atom. The molecule has 0 aliphatic rings. The van der Waals surface area contributed by atoms with Crippen molar-refractivity contribution in [3.8, 4) is 11.5 Å². The number of carbonyl (C=O) groups excluding carboxylic acids is 1. The van der Waals surface area contributed by atoms with Crippen LogP contribution in [-0.4, -0.2) is 30.3 Å². The van der Waals surface area contributed by atoms with Gasteiger partial charge in [0.25, 0.3) is 0 Å². The number of hydrogen-bond acceptors (Lipinski definition) is 7. The molecule has 3 rings (SSSR count). The van der Waals surface area contributed by atoms with Gasteiger partial charge in [0.15, 0.2) is 11.5 Å². The summed E-state index contributed by atoms with van der Waals surface area (Å²) < 4.78 is 10.5. The van der Waals surface area contributed by atoms with Crippen molar-refractivity contribution in [2.24, 2.45) is 0 Å². The minimum absolute atomic E-state index is 0.152. The molecule has 0 unspecified atom stereocenters. The number of anilines is 1. The lowest BCUT2D eigenvalue weighted by molar-refractivity contribution is -0.115. The van der Waals surface area contributed by atoms with E-state index < -0.39 is 0 Å². The summed E-state index contributed by atoms with van der Waals surface area (Å²) in [5.74, 6) is 1.79. The van der Waals surface area contributed by atoms with Crippen LogP contribution >= 0.6 is 23.1 Å². The number of ether oxygens (including phenoxy) is 2. The molecule has 6 nitrogen and oxygen atoms in total. The van der Waals surface area contributed by atoms with E-state index in [4.69, 9.17) is 9.47 Å². The van der Waals surface area contributed by atoms with Crippen molar-refractivity contribution >= 4 is 34.1 Å². The van der Waals surface area contributed by atoms with E-state index in [1.54, 1.807) is 38.1 Å². The minimum Gasteiger partial charge on any atom is -0.493 e. The Morgan fingerprint density at radius 3 is 2.59 bits per heavy atom. The van der Waals surface area contributed by atoms with Gasteiger partial charge in [-0.3, -0.25) is 4.79 Å². The second-order valence-electron chi connectivity index (χ2n) is 5.52. The number of amides is 1. The number of rotatable bonds is 8. The number of thioether (sulfide) groups is 1. The Hall–Kier alpha value is -2.58. The summed E-state index contributed by atoms with van der Waals surface area (Å²) in [6.45, 7) is 0. The summed E-state index contributed by atoms with van der Waals surface area (Å²) in [4.78, 5) is 13.4. The fraction of sp³-hybridized carbons (Fsp3) is 0.211. The number of carbonyl (C=O) groups is 1. The lowest BCUT2D eigenvalue weighted by Gasteiger charge is -2.09. The molecular formula is C19H19N3O3S2. The summed E-state index contributed by atoms with van der Waals surface area (Å²) in [6.07, 6.45) is 0.216. The third kappa shape index (κ3) is 5.45. The van der Waals surface area contributed by atoms with Crippen molar-refractivity contribution in [1.82, 2.24) is 10.2 Å². The highest BCUT2D eigenvalue weighted by Crippen LogP contribution is 2.28. The molecule has 0 aliphatic carbocycles. The summed E-state index contributed by atoms with van der Waals surface area (Å²) in [5.41, 5.74) is 0.828. The highest BCUT2D eigenvalue weighted by molar-refractivity contribution is 7.98. The number of nitrogens with one attached hydrogen (secondary N) is 1. The molecule has 1 heterocycles. The second-order valence-corrected chi connectivity index (χ2v) is 7.63. The lowest BCUT2D eigenvalue weighted by Crippen LogP contribution is -2.14. The van der Waals surface area contributed by atoms with Gasteiger partial charge < -0.3 is 14.8 Å². The molecule has 2 aromatic carbocycles. The van der Waals surface area contributed by atoms with E-state index in [1.165, 1.54) is 16.2 Å². The van der Waals surface area contributed by atoms with E-state index in [1.807, 2.05) is 24.3 Å². The Labute approximate surface area is 165 Å². The number of benzene rings is 2. The van der Waals surface area contributed by atoms with E-state index in [0.717, 1.165) is 10.6 Å². The maximum atomic E-state index is 12.3. The van der Waals surface area contributed by atoms with E-state index in [9.17, 15) is 4.79 Å². The minimum atomic E-state index is -0.152. The predicted molar refractivity (Wildman–Crippen MR) is 108 cm³/mol. The highest BCUT2D eigenvalue weighted by Gasteiger charge is 2.11. The van der Waals surface area contributed by atoms with Crippen molar-refractivity contribution < 1.29 is 14.3 Å². The summed E-state index contributed by atoms with van der Waals surface area (Å²) in [6, 6.07) is 15.5. The van der Waals surface area contributed by atoms with Crippen molar-refractivity contribution in [2.75, 3.05) is 19.5 Å². The third-order valence-electron chi connectivity index (χ3n) is 3.63. The normalized spacial score (nSPS) is 10.4. The van der Waals surface area contributed by atoms with E-state index in [2.05, 4.69) is 27.6 Å². The molecule has 0 saturated heterocycles. The van der Waals surface area contributed by atoms with Crippen LogP contribution in [0.5, 0.6) is 11.5 Å². The molecule has 0 aliphatic heterocycles. The molecule has 1 N–H and O–H groups in total. The first-order chi connectivity index (χ1) is 13.2. The fourth-order valence-corrected chi connectivity index (χ4v) is 4.02. The first kappa shape index (κ1) is 19.2. The van der Waals surface area contributed by atoms with Gasteiger partial charge in [0.05, 0.1) is 26.4 Å². The van der Waals surface area contributed by atoms with Crippen molar-refractivity contribution in [2.45, 2.75) is 17.1 Å². The SMILES string of the molecule is COc1ccc(CC(=O)Nc2nnc(CSc3ccccc3)s2)cc1OC. The Morgan fingerprint density at radius 1 is 1.07 bits per heavy atom. The average Bonchev–Trinajstić information content (AvgIpc) is 3.14. The van der Waals surface area contributed by atoms with Gasteiger partial charge >= 0.3 is 0 Å². The number of nitrogens with zero attached hydrogens (tertiary/aromatic N) is 2. The van der Waals surface area contributed by atoms with E-state index in [0.29, 0.717) is 22.4 Å². The molecule has 0 saturated carbocycles. The average molecular weight is 402 g/mol. The van der Waals surface area contributed by atoms with Gasteiger partial charge in [0.2, 0.25) is 11.0 Å². The predicted octanol–water partition coefficient (Wildman–Crippen LogP) is 4.03. The molecule has 0 atom stereocenters. The standard InChI is InChI=1S/C19H19N3O3S2/c1-24-15-9-8-13(10-16(15)25-2)11-17(23)20-19-22-21-18(27-19)12-26-14-6-4-3-5-7-14/h3-10H,11-12H2,1-2H3,(H,20,22,23). The van der Waals surface area contributed by atoms with Crippen LogP contribution in [0.15, 0.2) is 53.4 Å². The topological polar surface area (TPSA) is 73.3 Å². The van der Waals surface area contributed by atoms with Crippen LogP contribution in [0.1, 0.15) is 10.6 Å². The zero-order valence-electron chi connectivity index (χ0n) is 15.0. The zero-order valence-corrected chi connectivity index (χ0v) is 16.6. The van der Waals surface area contributed by atoms with E-state index >= 15 is 0 Å². The van der Waals surface area contributed by atoms with Crippen molar-refractivity contribution in [3.63, 3.8) is 0 Å². The van der Waals surface area contributed by atoms with Crippen LogP contribution in [0.25, 0.3) is 0 Å². The molecule has 1 amide bonds. The molecule has 0 spiro atoms. The number of aromatic nitrogens is 2. The van der Waals surface area contributed by atoms with Gasteiger partial charge in [-0.25, -0.2) is 0 Å². The third-order valence-corrected chi connectivity index (χ3v) is 5.68. The molecule has 0 radical (unpaired) electrons. The van der Waals surface area contributed by atoms with Crippen molar-refractivity contribution in [1.29, 1.82) is 0 Å². The van der Waals surface area contributed by atoms with Gasteiger partial charge in [-0.1, -0.05) is 35.6 Å². The van der Waals surface area contributed by atoms with Gasteiger partial charge in [0.1, 0.15) is 5.01 Å². The van der Waals surface area contributed by atoms with Crippen LogP contribution in [0, 0.1) is 0 Å². The molecule has 8 heteroatoms. The largest absolute Gasteiger partial charge is 0.493 e. The molecular weight excluding hydrogens is 382 g/mol. The Kier molecular flexibility index (Phi) is 6.67. The highest BCUT2D eigenvalue weighted by atomic mass is 32.2. The first-order valence-corrected chi connectivity index (χ1v) is 9.99. The first-order valence-electron chi connectivity index (χ1n) is 8.19. The molecule has 0 fully saturated rings. The second kappa shape index (κ2) is 9.38. The van der Waals surface area contributed by atoms with Crippen molar-refractivity contribution in [3.05, 3.63) is 59.1 Å². The molecule has 3 aromatic rings. The molecule has 0 bridgehead atoms. The van der Waals surface area contributed by atoms with Crippen LogP contribution in [0.4, 0.5) is 5.13 Å². The smallest absolute Gasteiger partial charge is 0.230 e. The van der Waals surface area contributed by atoms with Gasteiger partial charge in [0, 0.05) is 4.90 Å². The van der Waals surface area contributed by atoms with Crippen LogP contribution in [0.3, 0.4) is 0 Å². The maximum absolute atomic E-state index is 12.3. The van der Waals surface area contributed by atoms with Gasteiger partial charge in [-0.05, 0) is 29.8 Å². The summed E-state index contributed by atoms with van der Waals surface area (Å²) in [5, 5.41) is 12.4. The monoisotopic (exact) mass is 401 g/mol. The zero-order chi connectivity index (χ0) is 19.1. The lowest BCUT2D eigenvalue weighted by atomic mass is 10.1. The molecule has 140 valence electrons. The molecule has 1 aromatic heterocycles. The van der Waals surface area contributed by atoms with E-state index in [-0.39, 0.29) is 12.3 Å². The Balaban J connectivity index is 1.54. The number of methoxy groups -OCH3 is 2. The number of hydrogen-bond donors (Lipinski definition) is 1. The summed E-state index contributed by atoms with van der Waals surface area (Å²) in [7, 11) is 3.14. The van der Waals surface area contributed by atoms with Crippen LogP contribution in [0.2, 0.25) is 0 Å².